The van der Waals surface area contributed by atoms with Crippen molar-refractivity contribution < 1.29 is 0 Å². The van der Waals surface area contributed by atoms with Gasteiger partial charge in [-0.15, -0.1) is 0 Å². The molecule has 2 rings (SSSR count). The summed E-state index contributed by atoms with van der Waals surface area (Å²) in [6, 6.07) is 4.27. The Morgan fingerprint density at radius 2 is 2.06 bits per heavy atom. The second-order valence-corrected chi connectivity index (χ2v) is 5.82. The minimum Gasteiger partial charge on any atom is -0.366 e. The Balaban J connectivity index is 1.95. The summed E-state index contributed by atoms with van der Waals surface area (Å²) in [4.78, 5) is 4.27. The highest BCUT2D eigenvalue weighted by molar-refractivity contribution is 6.32. The number of hydrogen-bond donors (Lipinski definition) is 1. The molecule has 3 heteroatoms. The molecule has 0 unspecified atom stereocenters. The molecule has 1 aliphatic rings. The monoisotopic (exact) mass is 238 g/mol. The summed E-state index contributed by atoms with van der Waals surface area (Å²) in [7, 11) is 0. The summed E-state index contributed by atoms with van der Waals surface area (Å²) in [5.41, 5.74) is 0.506. The van der Waals surface area contributed by atoms with Crippen molar-refractivity contribution in [2.45, 2.75) is 45.6 Å². The van der Waals surface area contributed by atoms with Crippen LogP contribution >= 0.6 is 11.6 Å². The number of aromatic nitrogens is 1. The minimum absolute atomic E-state index is 0.506. The Morgan fingerprint density at radius 1 is 1.38 bits per heavy atom. The van der Waals surface area contributed by atoms with E-state index in [-0.39, 0.29) is 0 Å². The van der Waals surface area contributed by atoms with Crippen LogP contribution in [-0.4, -0.2) is 11.0 Å². The molecular weight excluding hydrogens is 220 g/mol. The first kappa shape index (κ1) is 11.7. The average Bonchev–Trinajstić information content (AvgIpc) is 2.24. The molecule has 2 nitrogen and oxygen atoms in total. The maximum absolute atomic E-state index is 6.07. The van der Waals surface area contributed by atoms with Crippen molar-refractivity contribution in [3.63, 3.8) is 0 Å². The molecule has 1 heterocycles. The van der Waals surface area contributed by atoms with Crippen LogP contribution in [-0.2, 0) is 0 Å². The average molecular weight is 239 g/mol. The van der Waals surface area contributed by atoms with Crippen LogP contribution in [0.5, 0.6) is 0 Å². The van der Waals surface area contributed by atoms with Gasteiger partial charge in [0.2, 0.25) is 0 Å². The highest BCUT2D eigenvalue weighted by atomic mass is 35.5. The number of halogens is 1. The fourth-order valence-electron chi connectivity index (χ4n) is 2.23. The summed E-state index contributed by atoms with van der Waals surface area (Å²) >= 11 is 6.07. The summed E-state index contributed by atoms with van der Waals surface area (Å²) in [6.07, 6.45) is 6.74. The predicted octanol–water partition coefficient (Wildman–Crippen LogP) is 4.12. The van der Waals surface area contributed by atoms with E-state index in [2.05, 4.69) is 24.1 Å². The van der Waals surface area contributed by atoms with Gasteiger partial charge in [-0.05, 0) is 43.2 Å². The quantitative estimate of drug-likeness (QED) is 0.839. The third-order valence-corrected chi connectivity index (χ3v) is 3.74. The fourth-order valence-corrected chi connectivity index (χ4v) is 2.40. The first-order chi connectivity index (χ1) is 7.57. The first-order valence-electron chi connectivity index (χ1n) is 5.94. The predicted molar refractivity (Wildman–Crippen MR) is 68.9 cm³/mol. The zero-order chi connectivity index (χ0) is 11.6. The molecule has 0 saturated heterocycles. The molecule has 0 spiro atoms. The van der Waals surface area contributed by atoms with Crippen molar-refractivity contribution in [1.29, 1.82) is 0 Å². The van der Waals surface area contributed by atoms with Crippen molar-refractivity contribution in [2.24, 2.45) is 5.41 Å². The molecule has 88 valence electrons. The van der Waals surface area contributed by atoms with E-state index in [9.17, 15) is 0 Å². The van der Waals surface area contributed by atoms with E-state index >= 15 is 0 Å². The number of nitrogens with zero attached hydrogens (tertiary/aromatic N) is 1. The zero-order valence-corrected chi connectivity index (χ0v) is 10.7. The maximum atomic E-state index is 6.07. The second-order valence-electron chi connectivity index (χ2n) is 5.42. The topological polar surface area (TPSA) is 24.9 Å². The molecular formula is C13H19ClN2. The Labute approximate surface area is 102 Å². The molecule has 1 aliphatic carbocycles. The number of rotatable bonds is 2. The molecule has 1 saturated carbocycles. The minimum atomic E-state index is 0.506. The molecule has 1 N–H and O–H groups in total. The van der Waals surface area contributed by atoms with E-state index in [1.54, 1.807) is 6.20 Å². The molecule has 1 aromatic heterocycles. The highest BCUT2D eigenvalue weighted by Gasteiger charge is 2.26. The van der Waals surface area contributed by atoms with Crippen LogP contribution in [0.2, 0.25) is 5.02 Å². The fraction of sp³-hybridized carbons (Fsp3) is 0.615. The van der Waals surface area contributed by atoms with Crippen molar-refractivity contribution in [1.82, 2.24) is 4.98 Å². The standard InChI is InChI=1S/C13H19ClN2/c1-13(2)7-5-10(6-8-13)16-12-11(14)4-3-9-15-12/h3-4,9-10H,5-8H2,1-2H3,(H,15,16). The van der Waals surface area contributed by atoms with Crippen LogP contribution in [0.15, 0.2) is 18.3 Å². The van der Waals surface area contributed by atoms with Gasteiger partial charge in [0, 0.05) is 12.2 Å². The normalized spacial score (nSPS) is 20.7. The largest absolute Gasteiger partial charge is 0.366 e. The van der Waals surface area contributed by atoms with E-state index in [1.807, 2.05) is 12.1 Å². The summed E-state index contributed by atoms with van der Waals surface area (Å²) in [5, 5.41) is 4.16. The third kappa shape index (κ3) is 2.88. The summed E-state index contributed by atoms with van der Waals surface area (Å²) in [5.74, 6) is 0.828. The zero-order valence-electron chi connectivity index (χ0n) is 9.96. The van der Waals surface area contributed by atoms with Gasteiger partial charge in [0.05, 0.1) is 5.02 Å². The molecule has 0 aliphatic heterocycles. The molecule has 16 heavy (non-hydrogen) atoms. The lowest BCUT2D eigenvalue weighted by atomic mass is 9.75. The van der Waals surface area contributed by atoms with Gasteiger partial charge >= 0.3 is 0 Å². The van der Waals surface area contributed by atoms with Crippen molar-refractivity contribution in [3.05, 3.63) is 23.4 Å². The van der Waals surface area contributed by atoms with Crippen LogP contribution in [0, 0.1) is 5.41 Å². The van der Waals surface area contributed by atoms with E-state index in [4.69, 9.17) is 11.6 Å². The lowest BCUT2D eigenvalue weighted by Gasteiger charge is -2.34. The molecule has 0 aromatic carbocycles. The summed E-state index contributed by atoms with van der Waals surface area (Å²) < 4.78 is 0. The van der Waals surface area contributed by atoms with E-state index < -0.39 is 0 Å². The van der Waals surface area contributed by atoms with Gasteiger partial charge in [0.1, 0.15) is 5.82 Å². The Morgan fingerprint density at radius 3 is 2.69 bits per heavy atom. The molecule has 0 atom stereocenters. The number of hydrogen-bond acceptors (Lipinski definition) is 2. The van der Waals surface area contributed by atoms with Gasteiger partial charge < -0.3 is 5.32 Å². The lowest BCUT2D eigenvalue weighted by molar-refractivity contribution is 0.232. The van der Waals surface area contributed by atoms with Gasteiger partial charge in [-0.1, -0.05) is 25.4 Å². The second kappa shape index (κ2) is 4.62. The number of nitrogens with one attached hydrogen (secondary N) is 1. The van der Waals surface area contributed by atoms with Crippen LogP contribution in [0.25, 0.3) is 0 Å². The van der Waals surface area contributed by atoms with Gasteiger partial charge in [-0.25, -0.2) is 4.98 Å². The molecule has 1 aromatic rings. The van der Waals surface area contributed by atoms with Gasteiger partial charge in [-0.3, -0.25) is 0 Å². The van der Waals surface area contributed by atoms with Crippen molar-refractivity contribution >= 4 is 17.4 Å². The maximum Gasteiger partial charge on any atom is 0.144 e. The van der Waals surface area contributed by atoms with Gasteiger partial charge in [-0.2, -0.15) is 0 Å². The Bertz CT molecular complexity index is 353. The van der Waals surface area contributed by atoms with Gasteiger partial charge in [0.15, 0.2) is 0 Å². The smallest absolute Gasteiger partial charge is 0.144 e. The molecule has 0 radical (unpaired) electrons. The van der Waals surface area contributed by atoms with E-state index in [1.165, 1.54) is 25.7 Å². The lowest BCUT2D eigenvalue weighted by Crippen LogP contribution is -2.30. The molecule has 0 amide bonds. The Hall–Kier alpha value is -0.760. The molecule has 0 bridgehead atoms. The number of anilines is 1. The first-order valence-corrected chi connectivity index (χ1v) is 6.32. The Kier molecular flexibility index (Phi) is 3.38. The van der Waals surface area contributed by atoms with Crippen molar-refractivity contribution in [2.75, 3.05) is 5.32 Å². The highest BCUT2D eigenvalue weighted by Crippen LogP contribution is 2.36. The number of pyridine rings is 1. The third-order valence-electron chi connectivity index (χ3n) is 3.44. The van der Waals surface area contributed by atoms with Crippen LogP contribution < -0.4 is 5.32 Å². The molecule has 1 fully saturated rings. The van der Waals surface area contributed by atoms with Crippen molar-refractivity contribution in [3.8, 4) is 0 Å². The van der Waals surface area contributed by atoms with Crippen LogP contribution in [0.1, 0.15) is 39.5 Å². The van der Waals surface area contributed by atoms with Crippen LogP contribution in [0.3, 0.4) is 0 Å². The van der Waals surface area contributed by atoms with E-state index in [0.717, 1.165) is 5.82 Å². The SMILES string of the molecule is CC1(C)CCC(Nc2ncccc2Cl)CC1. The summed E-state index contributed by atoms with van der Waals surface area (Å²) in [6.45, 7) is 4.69. The van der Waals surface area contributed by atoms with E-state index in [0.29, 0.717) is 16.5 Å². The van der Waals surface area contributed by atoms with Crippen LogP contribution in [0.4, 0.5) is 5.82 Å². The van der Waals surface area contributed by atoms with Gasteiger partial charge in [0.25, 0.3) is 0 Å².